The fraction of sp³-hybridized carbons (Fsp3) is 0.824. The van der Waals surface area contributed by atoms with Crippen LogP contribution in [0.5, 0.6) is 0 Å². The molecular weight excluding hydrogens is 276 g/mol. The van der Waals surface area contributed by atoms with Gasteiger partial charge < -0.3 is 19.5 Å². The van der Waals surface area contributed by atoms with E-state index < -0.39 is 0 Å². The van der Waals surface area contributed by atoms with Gasteiger partial charge in [0.05, 0.1) is 18.2 Å². The maximum atomic E-state index is 5.97. The van der Waals surface area contributed by atoms with E-state index in [1.807, 2.05) is 19.6 Å². The van der Waals surface area contributed by atoms with Crippen LogP contribution in [0.25, 0.3) is 0 Å². The summed E-state index contributed by atoms with van der Waals surface area (Å²) in [5, 5.41) is 3.93. The summed E-state index contributed by atoms with van der Waals surface area (Å²) in [6.07, 6.45) is 7.43. The van der Waals surface area contributed by atoms with Crippen LogP contribution in [0.2, 0.25) is 0 Å². The summed E-state index contributed by atoms with van der Waals surface area (Å²) in [5.41, 5.74) is 1.19. The zero-order chi connectivity index (χ0) is 15.5. The van der Waals surface area contributed by atoms with Gasteiger partial charge in [0, 0.05) is 32.3 Å². The first-order chi connectivity index (χ1) is 10.7. The molecule has 5 heteroatoms. The molecule has 0 saturated carbocycles. The average Bonchev–Trinajstić information content (AvgIpc) is 2.96. The lowest BCUT2D eigenvalue weighted by molar-refractivity contribution is -0.00906. The summed E-state index contributed by atoms with van der Waals surface area (Å²) in [7, 11) is 2.05. The Hall–Kier alpha value is -0.910. The van der Waals surface area contributed by atoms with Crippen molar-refractivity contribution in [3.05, 3.63) is 18.2 Å². The van der Waals surface area contributed by atoms with Crippen molar-refractivity contribution in [2.45, 2.75) is 51.3 Å². The van der Waals surface area contributed by atoms with Crippen molar-refractivity contribution in [3.63, 3.8) is 0 Å². The lowest BCUT2D eigenvalue weighted by Crippen LogP contribution is -2.52. The molecule has 0 aliphatic carbocycles. The second-order valence-electron chi connectivity index (χ2n) is 6.94. The first kappa shape index (κ1) is 16.0. The monoisotopic (exact) mass is 306 g/mol. The predicted octanol–water partition coefficient (Wildman–Crippen LogP) is 1.96. The van der Waals surface area contributed by atoms with Crippen molar-refractivity contribution in [2.24, 2.45) is 13.0 Å². The Bertz CT molecular complexity index is 475. The van der Waals surface area contributed by atoms with E-state index in [0.29, 0.717) is 12.1 Å². The molecule has 2 saturated heterocycles. The maximum absolute atomic E-state index is 5.97. The van der Waals surface area contributed by atoms with E-state index in [1.54, 1.807) is 0 Å². The van der Waals surface area contributed by atoms with Crippen LogP contribution in [0.15, 0.2) is 12.5 Å². The van der Waals surface area contributed by atoms with Crippen molar-refractivity contribution >= 4 is 0 Å². The fourth-order valence-corrected chi connectivity index (χ4v) is 3.90. The normalized spacial score (nSPS) is 34.0. The molecule has 4 atom stereocenters. The molecule has 3 heterocycles. The molecule has 1 aromatic heterocycles. The summed E-state index contributed by atoms with van der Waals surface area (Å²) < 4.78 is 8.05. The minimum absolute atomic E-state index is 0.185. The number of ether oxygens (including phenoxy) is 1. The predicted molar refractivity (Wildman–Crippen MR) is 87.7 cm³/mol. The molecule has 2 aliphatic rings. The number of rotatable bonds is 4. The van der Waals surface area contributed by atoms with E-state index in [1.165, 1.54) is 31.7 Å². The van der Waals surface area contributed by atoms with Crippen molar-refractivity contribution in [1.29, 1.82) is 0 Å². The van der Waals surface area contributed by atoms with Crippen LogP contribution in [0.1, 0.15) is 44.9 Å². The number of piperidine rings is 1. The van der Waals surface area contributed by atoms with Crippen LogP contribution in [-0.2, 0) is 11.8 Å². The third-order valence-electron chi connectivity index (χ3n) is 5.35. The van der Waals surface area contributed by atoms with Crippen LogP contribution in [0.3, 0.4) is 0 Å². The quantitative estimate of drug-likeness (QED) is 0.923. The lowest BCUT2D eigenvalue weighted by atomic mass is 9.91. The number of hydrogen-bond donors (Lipinski definition) is 1. The van der Waals surface area contributed by atoms with E-state index in [2.05, 4.69) is 33.6 Å². The zero-order valence-electron chi connectivity index (χ0n) is 14.2. The van der Waals surface area contributed by atoms with Gasteiger partial charge in [-0.3, -0.25) is 0 Å². The fourth-order valence-electron chi connectivity index (χ4n) is 3.90. The minimum Gasteiger partial charge on any atom is -0.372 e. The Morgan fingerprint density at radius 2 is 2.27 bits per heavy atom. The molecule has 5 nitrogen and oxygen atoms in total. The standard InChI is InChI=1S/C17H30N4O/c1-4-21-7-5-15(13(2)11-21)19-14-6-8-22-17(9-14)16-10-18-12-20(16)3/h10,12-15,17,19H,4-9,11H2,1-3H3/t13-,14+,15-,17-/m0/s1. The first-order valence-electron chi connectivity index (χ1n) is 8.73. The molecule has 1 aromatic rings. The second-order valence-corrected chi connectivity index (χ2v) is 6.94. The van der Waals surface area contributed by atoms with E-state index in [-0.39, 0.29) is 6.10 Å². The number of nitrogens with zero attached hydrogens (tertiary/aromatic N) is 3. The van der Waals surface area contributed by atoms with Gasteiger partial charge >= 0.3 is 0 Å². The molecule has 0 unspecified atom stereocenters. The Kier molecular flexibility index (Phi) is 5.16. The maximum Gasteiger partial charge on any atom is 0.100 e. The largest absolute Gasteiger partial charge is 0.372 e. The third-order valence-corrected chi connectivity index (χ3v) is 5.35. The molecule has 3 rings (SSSR count). The van der Waals surface area contributed by atoms with Gasteiger partial charge in [-0.25, -0.2) is 4.98 Å². The molecule has 2 fully saturated rings. The number of hydrogen-bond acceptors (Lipinski definition) is 4. The number of imidazole rings is 1. The number of nitrogens with one attached hydrogen (secondary N) is 1. The van der Waals surface area contributed by atoms with Gasteiger partial charge in [-0.2, -0.15) is 0 Å². The lowest BCUT2D eigenvalue weighted by Gasteiger charge is -2.40. The highest BCUT2D eigenvalue weighted by atomic mass is 16.5. The van der Waals surface area contributed by atoms with Crippen molar-refractivity contribution in [1.82, 2.24) is 19.8 Å². The van der Waals surface area contributed by atoms with Gasteiger partial charge in [0.25, 0.3) is 0 Å². The summed E-state index contributed by atoms with van der Waals surface area (Å²) in [6.45, 7) is 9.12. The van der Waals surface area contributed by atoms with Gasteiger partial charge in [-0.1, -0.05) is 13.8 Å². The van der Waals surface area contributed by atoms with Crippen molar-refractivity contribution < 1.29 is 4.74 Å². The Morgan fingerprint density at radius 1 is 1.41 bits per heavy atom. The molecule has 1 N–H and O–H groups in total. The van der Waals surface area contributed by atoms with Crippen LogP contribution in [0.4, 0.5) is 0 Å². The zero-order valence-corrected chi connectivity index (χ0v) is 14.2. The SMILES string of the molecule is CCN1CC[C@H](N[C@@H]2CCO[C@H](c3cncn3C)C2)[C@@H](C)C1. The number of aromatic nitrogens is 2. The molecule has 124 valence electrons. The van der Waals surface area contributed by atoms with Crippen LogP contribution in [0, 0.1) is 5.92 Å². The highest BCUT2D eigenvalue weighted by molar-refractivity contribution is 5.04. The molecule has 0 radical (unpaired) electrons. The van der Waals surface area contributed by atoms with E-state index in [9.17, 15) is 0 Å². The van der Waals surface area contributed by atoms with Gasteiger partial charge in [0.15, 0.2) is 0 Å². The summed E-state index contributed by atoms with van der Waals surface area (Å²) >= 11 is 0. The number of likely N-dealkylation sites (tertiary alicyclic amines) is 1. The summed E-state index contributed by atoms with van der Waals surface area (Å²) in [4.78, 5) is 6.79. The molecule has 0 bridgehead atoms. The summed E-state index contributed by atoms with van der Waals surface area (Å²) in [5.74, 6) is 0.728. The van der Waals surface area contributed by atoms with Crippen molar-refractivity contribution in [2.75, 3.05) is 26.2 Å². The van der Waals surface area contributed by atoms with Gasteiger partial charge in [-0.05, 0) is 38.3 Å². The van der Waals surface area contributed by atoms with E-state index in [4.69, 9.17) is 4.74 Å². The van der Waals surface area contributed by atoms with Gasteiger partial charge in [0.2, 0.25) is 0 Å². The molecule has 0 amide bonds. The first-order valence-corrected chi connectivity index (χ1v) is 8.73. The Labute approximate surface area is 134 Å². The van der Waals surface area contributed by atoms with Crippen LogP contribution in [-0.4, -0.2) is 52.8 Å². The van der Waals surface area contributed by atoms with E-state index in [0.717, 1.165) is 25.4 Å². The molecule has 0 aromatic carbocycles. The highest BCUT2D eigenvalue weighted by Crippen LogP contribution is 2.29. The van der Waals surface area contributed by atoms with E-state index >= 15 is 0 Å². The molecular formula is C17H30N4O. The molecule has 2 aliphatic heterocycles. The Balaban J connectivity index is 1.56. The van der Waals surface area contributed by atoms with Gasteiger partial charge in [0.1, 0.15) is 6.10 Å². The Morgan fingerprint density at radius 3 is 2.95 bits per heavy atom. The molecule has 22 heavy (non-hydrogen) atoms. The molecule has 0 spiro atoms. The second kappa shape index (κ2) is 7.11. The van der Waals surface area contributed by atoms with Crippen molar-refractivity contribution in [3.8, 4) is 0 Å². The topological polar surface area (TPSA) is 42.3 Å². The van der Waals surface area contributed by atoms with Crippen LogP contribution >= 0.6 is 0 Å². The van der Waals surface area contributed by atoms with Crippen LogP contribution < -0.4 is 5.32 Å². The highest BCUT2D eigenvalue weighted by Gasteiger charge is 2.31. The average molecular weight is 306 g/mol. The van der Waals surface area contributed by atoms with Gasteiger partial charge in [-0.15, -0.1) is 0 Å². The smallest absolute Gasteiger partial charge is 0.100 e. The third kappa shape index (κ3) is 3.53. The number of aryl methyl sites for hydroxylation is 1. The minimum atomic E-state index is 0.185. The summed E-state index contributed by atoms with van der Waals surface area (Å²) in [6, 6.07) is 1.22.